The lowest BCUT2D eigenvalue weighted by Gasteiger charge is -2.31. The Labute approximate surface area is 169 Å². The molecule has 4 rings (SSSR count). The molecule has 1 aliphatic heterocycles. The quantitative estimate of drug-likeness (QED) is 0.670. The Morgan fingerprint density at radius 1 is 1.10 bits per heavy atom. The third-order valence-corrected chi connectivity index (χ3v) is 5.50. The molecule has 1 aromatic carbocycles. The van der Waals surface area contributed by atoms with Crippen LogP contribution in [0.1, 0.15) is 47.4 Å². The number of hydrogen-bond acceptors (Lipinski definition) is 4. The Morgan fingerprint density at radius 2 is 1.86 bits per heavy atom. The summed E-state index contributed by atoms with van der Waals surface area (Å²) in [6.45, 7) is 4.35. The normalized spacial score (nSPS) is 14.9. The SMILES string of the molecule is CCn1c(C2CCN(C(=O)c3cccnc3)CC2)nn(Cc2ccccc2)c1=O. The van der Waals surface area contributed by atoms with E-state index in [0.29, 0.717) is 31.7 Å². The monoisotopic (exact) mass is 391 g/mol. The number of amides is 1. The summed E-state index contributed by atoms with van der Waals surface area (Å²) in [7, 11) is 0. The minimum absolute atomic E-state index is 0.0130. The van der Waals surface area contributed by atoms with Gasteiger partial charge in [0.05, 0.1) is 12.1 Å². The highest BCUT2D eigenvalue weighted by atomic mass is 16.2. The molecule has 1 aliphatic rings. The van der Waals surface area contributed by atoms with E-state index >= 15 is 0 Å². The van der Waals surface area contributed by atoms with Crippen LogP contribution in [0.2, 0.25) is 0 Å². The van der Waals surface area contributed by atoms with Crippen LogP contribution in [0.4, 0.5) is 0 Å². The van der Waals surface area contributed by atoms with E-state index in [-0.39, 0.29) is 17.5 Å². The van der Waals surface area contributed by atoms with Crippen molar-refractivity contribution in [2.75, 3.05) is 13.1 Å². The molecular formula is C22H25N5O2. The first-order valence-corrected chi connectivity index (χ1v) is 10.1. The van der Waals surface area contributed by atoms with Crippen LogP contribution < -0.4 is 5.69 Å². The number of pyridine rings is 1. The van der Waals surface area contributed by atoms with Gasteiger partial charge in [-0.2, -0.15) is 5.10 Å². The fraction of sp³-hybridized carbons (Fsp3) is 0.364. The van der Waals surface area contributed by atoms with Crippen molar-refractivity contribution in [1.82, 2.24) is 24.2 Å². The third-order valence-electron chi connectivity index (χ3n) is 5.50. The minimum atomic E-state index is -0.0692. The van der Waals surface area contributed by atoms with Crippen LogP contribution in [0, 0.1) is 0 Å². The summed E-state index contributed by atoms with van der Waals surface area (Å²) in [4.78, 5) is 31.4. The van der Waals surface area contributed by atoms with Crippen molar-refractivity contribution in [2.24, 2.45) is 0 Å². The number of piperidine rings is 1. The summed E-state index contributed by atoms with van der Waals surface area (Å²) in [6, 6.07) is 13.5. The summed E-state index contributed by atoms with van der Waals surface area (Å²) < 4.78 is 3.33. The molecule has 1 amide bonds. The fourth-order valence-electron chi connectivity index (χ4n) is 3.93. The zero-order valence-corrected chi connectivity index (χ0v) is 16.6. The first kappa shape index (κ1) is 19.1. The molecule has 3 heterocycles. The summed E-state index contributed by atoms with van der Waals surface area (Å²) in [6.07, 6.45) is 4.87. The van der Waals surface area contributed by atoms with E-state index in [4.69, 9.17) is 0 Å². The van der Waals surface area contributed by atoms with Crippen LogP contribution in [-0.2, 0) is 13.1 Å². The van der Waals surface area contributed by atoms with E-state index in [9.17, 15) is 9.59 Å². The Kier molecular flexibility index (Phi) is 5.55. The van der Waals surface area contributed by atoms with E-state index in [1.54, 1.807) is 33.8 Å². The standard InChI is InChI=1S/C22H25N5O2/c1-2-26-20(24-27(22(26)29)16-17-7-4-3-5-8-17)18-10-13-25(14-11-18)21(28)19-9-6-12-23-15-19/h3-9,12,15,18H,2,10-11,13-14,16H2,1H3. The predicted molar refractivity (Wildman–Crippen MR) is 110 cm³/mol. The molecule has 1 fully saturated rings. The van der Waals surface area contributed by atoms with Gasteiger partial charge in [0.1, 0.15) is 5.82 Å². The van der Waals surface area contributed by atoms with Gasteiger partial charge in [0.15, 0.2) is 0 Å². The summed E-state index contributed by atoms with van der Waals surface area (Å²) in [5.41, 5.74) is 1.60. The lowest BCUT2D eigenvalue weighted by atomic mass is 9.95. The van der Waals surface area contributed by atoms with E-state index in [2.05, 4.69) is 10.1 Å². The fourth-order valence-corrected chi connectivity index (χ4v) is 3.93. The van der Waals surface area contributed by atoms with Crippen molar-refractivity contribution in [3.8, 4) is 0 Å². The number of aromatic nitrogens is 4. The van der Waals surface area contributed by atoms with E-state index in [0.717, 1.165) is 24.2 Å². The minimum Gasteiger partial charge on any atom is -0.339 e. The molecule has 1 saturated heterocycles. The third kappa shape index (κ3) is 3.99. The molecule has 0 N–H and O–H groups in total. The van der Waals surface area contributed by atoms with Crippen LogP contribution >= 0.6 is 0 Å². The molecule has 0 unspecified atom stereocenters. The highest BCUT2D eigenvalue weighted by Gasteiger charge is 2.28. The molecule has 0 aliphatic carbocycles. The maximum absolute atomic E-state index is 12.8. The first-order chi connectivity index (χ1) is 14.2. The summed E-state index contributed by atoms with van der Waals surface area (Å²) >= 11 is 0. The molecule has 0 radical (unpaired) electrons. The largest absolute Gasteiger partial charge is 0.346 e. The zero-order valence-electron chi connectivity index (χ0n) is 16.6. The van der Waals surface area contributed by atoms with Crippen LogP contribution in [0.5, 0.6) is 0 Å². The maximum atomic E-state index is 12.8. The Balaban J connectivity index is 1.49. The topological polar surface area (TPSA) is 73.0 Å². The van der Waals surface area contributed by atoms with Crippen molar-refractivity contribution in [1.29, 1.82) is 0 Å². The molecule has 2 aromatic heterocycles. The molecule has 0 saturated carbocycles. The molecule has 3 aromatic rings. The van der Waals surface area contributed by atoms with Gasteiger partial charge in [-0.25, -0.2) is 9.48 Å². The van der Waals surface area contributed by atoms with Crippen molar-refractivity contribution < 1.29 is 4.79 Å². The van der Waals surface area contributed by atoms with Crippen molar-refractivity contribution >= 4 is 5.91 Å². The smallest absolute Gasteiger partial charge is 0.339 e. The van der Waals surface area contributed by atoms with Crippen LogP contribution in [-0.4, -0.2) is 43.2 Å². The van der Waals surface area contributed by atoms with Crippen molar-refractivity contribution in [3.05, 3.63) is 82.3 Å². The van der Waals surface area contributed by atoms with Crippen molar-refractivity contribution in [2.45, 2.75) is 38.8 Å². The molecule has 150 valence electrons. The molecule has 29 heavy (non-hydrogen) atoms. The molecule has 0 atom stereocenters. The van der Waals surface area contributed by atoms with Gasteiger partial charge in [-0.3, -0.25) is 14.3 Å². The van der Waals surface area contributed by atoms with Gasteiger partial charge in [0.2, 0.25) is 0 Å². The Hall–Kier alpha value is -3.22. The number of rotatable bonds is 5. The predicted octanol–water partition coefficient (Wildman–Crippen LogP) is 2.53. The molecule has 7 heteroatoms. The summed E-state index contributed by atoms with van der Waals surface area (Å²) in [5, 5.41) is 4.68. The number of carbonyl (C=O) groups excluding carboxylic acids is 1. The highest BCUT2D eigenvalue weighted by Crippen LogP contribution is 2.27. The molecular weight excluding hydrogens is 366 g/mol. The molecule has 0 spiro atoms. The van der Waals surface area contributed by atoms with Gasteiger partial charge in [-0.05, 0) is 37.5 Å². The maximum Gasteiger partial charge on any atom is 0.346 e. The van der Waals surface area contributed by atoms with Gasteiger partial charge >= 0.3 is 5.69 Å². The number of likely N-dealkylation sites (tertiary alicyclic amines) is 1. The van der Waals surface area contributed by atoms with Gasteiger partial charge < -0.3 is 4.90 Å². The van der Waals surface area contributed by atoms with E-state index in [1.807, 2.05) is 42.2 Å². The second kappa shape index (κ2) is 8.43. The summed E-state index contributed by atoms with van der Waals surface area (Å²) in [5.74, 6) is 1.03. The zero-order chi connectivity index (χ0) is 20.2. The first-order valence-electron chi connectivity index (χ1n) is 10.1. The van der Waals surface area contributed by atoms with E-state index in [1.165, 1.54) is 0 Å². The Morgan fingerprint density at radius 3 is 2.52 bits per heavy atom. The Bertz CT molecular complexity index is 1020. The number of benzene rings is 1. The van der Waals surface area contributed by atoms with E-state index < -0.39 is 0 Å². The molecule has 0 bridgehead atoms. The van der Waals surface area contributed by atoms with Crippen LogP contribution in [0.25, 0.3) is 0 Å². The second-order valence-electron chi connectivity index (χ2n) is 7.34. The molecule has 7 nitrogen and oxygen atoms in total. The number of carbonyl (C=O) groups is 1. The highest BCUT2D eigenvalue weighted by molar-refractivity contribution is 5.93. The average molecular weight is 391 g/mol. The van der Waals surface area contributed by atoms with Crippen molar-refractivity contribution in [3.63, 3.8) is 0 Å². The number of hydrogen-bond donors (Lipinski definition) is 0. The second-order valence-corrected chi connectivity index (χ2v) is 7.34. The lowest BCUT2D eigenvalue weighted by molar-refractivity contribution is 0.0709. The average Bonchev–Trinajstić information content (AvgIpc) is 3.10. The van der Waals surface area contributed by atoms with Gasteiger partial charge in [-0.1, -0.05) is 30.3 Å². The van der Waals surface area contributed by atoms with Crippen LogP contribution in [0.15, 0.2) is 59.7 Å². The van der Waals surface area contributed by atoms with Crippen LogP contribution in [0.3, 0.4) is 0 Å². The van der Waals surface area contributed by atoms with Gasteiger partial charge in [-0.15, -0.1) is 0 Å². The lowest BCUT2D eigenvalue weighted by Crippen LogP contribution is -2.38. The van der Waals surface area contributed by atoms with Gasteiger partial charge in [0.25, 0.3) is 5.91 Å². The number of nitrogens with zero attached hydrogens (tertiary/aromatic N) is 5. The van der Waals surface area contributed by atoms with Gasteiger partial charge in [0, 0.05) is 37.9 Å².